The van der Waals surface area contributed by atoms with Gasteiger partial charge in [-0.15, -0.1) is 0 Å². The van der Waals surface area contributed by atoms with Gasteiger partial charge in [0.05, 0.1) is 0 Å². The van der Waals surface area contributed by atoms with Crippen molar-refractivity contribution in [2.24, 2.45) is 7.05 Å². The van der Waals surface area contributed by atoms with Crippen molar-refractivity contribution in [3.8, 4) is 0 Å². The van der Waals surface area contributed by atoms with Crippen LogP contribution in [0.25, 0.3) is 0 Å². The maximum atomic E-state index is 12.1. The highest BCUT2D eigenvalue weighted by atomic mass is 16.3. The van der Waals surface area contributed by atoms with Gasteiger partial charge in [0.15, 0.2) is 5.82 Å². The van der Waals surface area contributed by atoms with Gasteiger partial charge in [-0.05, 0) is 25.7 Å². The fraction of sp³-hybridized carbons (Fsp3) is 0.667. The second-order valence-electron chi connectivity index (χ2n) is 4.66. The molecule has 0 saturated heterocycles. The Hall–Kier alpha value is -1.56. The molecule has 0 atom stereocenters. The Labute approximate surface area is 107 Å². The van der Waals surface area contributed by atoms with E-state index < -0.39 is 0 Å². The summed E-state index contributed by atoms with van der Waals surface area (Å²) >= 11 is 0. The third kappa shape index (κ3) is 3.46. The van der Waals surface area contributed by atoms with Crippen LogP contribution in [0.2, 0.25) is 0 Å². The lowest BCUT2D eigenvalue weighted by Crippen LogP contribution is -2.37. The van der Waals surface area contributed by atoms with Gasteiger partial charge in [0, 0.05) is 38.5 Å². The van der Waals surface area contributed by atoms with Gasteiger partial charge in [0.25, 0.3) is 0 Å². The molecule has 1 aromatic rings. The minimum Gasteiger partial charge on any atom is -0.396 e. The van der Waals surface area contributed by atoms with Crippen molar-refractivity contribution in [3.05, 3.63) is 12.3 Å². The molecule has 1 fully saturated rings. The summed E-state index contributed by atoms with van der Waals surface area (Å²) in [6, 6.07) is 2.05. The second-order valence-corrected chi connectivity index (χ2v) is 4.66. The summed E-state index contributed by atoms with van der Waals surface area (Å²) in [5.74, 6) is 0.579. The molecule has 1 aliphatic rings. The molecule has 0 bridgehead atoms. The van der Waals surface area contributed by atoms with Gasteiger partial charge < -0.3 is 10.0 Å². The van der Waals surface area contributed by atoms with Crippen molar-refractivity contribution in [1.29, 1.82) is 0 Å². The normalized spacial score (nSPS) is 14.6. The van der Waals surface area contributed by atoms with Gasteiger partial charge in [-0.25, -0.2) is 4.79 Å². The largest absolute Gasteiger partial charge is 0.396 e. The van der Waals surface area contributed by atoms with Crippen molar-refractivity contribution in [3.63, 3.8) is 0 Å². The van der Waals surface area contributed by atoms with Crippen LogP contribution in [-0.2, 0) is 7.05 Å². The summed E-state index contributed by atoms with van der Waals surface area (Å²) in [5.41, 5.74) is 0. The van der Waals surface area contributed by atoms with E-state index in [-0.39, 0.29) is 12.6 Å². The zero-order valence-electron chi connectivity index (χ0n) is 10.7. The van der Waals surface area contributed by atoms with Gasteiger partial charge in [-0.1, -0.05) is 0 Å². The van der Waals surface area contributed by atoms with Crippen LogP contribution in [0.5, 0.6) is 0 Å². The van der Waals surface area contributed by atoms with Crippen molar-refractivity contribution in [2.45, 2.75) is 31.7 Å². The number of nitrogens with one attached hydrogen (secondary N) is 1. The van der Waals surface area contributed by atoms with Gasteiger partial charge >= 0.3 is 6.03 Å². The highest BCUT2D eigenvalue weighted by Gasteiger charge is 2.32. The fourth-order valence-electron chi connectivity index (χ4n) is 1.89. The number of aliphatic hydroxyl groups excluding tert-OH is 1. The van der Waals surface area contributed by atoms with E-state index in [1.807, 2.05) is 11.9 Å². The molecule has 1 saturated carbocycles. The number of hydrogen-bond acceptors (Lipinski definition) is 3. The number of carbonyl (C=O) groups is 1. The number of amides is 2. The summed E-state index contributed by atoms with van der Waals surface area (Å²) in [5, 5.41) is 15.7. The Bertz CT molecular complexity index is 401. The molecule has 0 aromatic carbocycles. The molecule has 0 radical (unpaired) electrons. The maximum absolute atomic E-state index is 12.1. The van der Waals surface area contributed by atoms with Crippen LogP contribution in [-0.4, -0.2) is 45.0 Å². The van der Waals surface area contributed by atoms with Crippen molar-refractivity contribution >= 4 is 11.8 Å². The predicted molar refractivity (Wildman–Crippen MR) is 68.3 cm³/mol. The van der Waals surface area contributed by atoms with Crippen LogP contribution in [0.4, 0.5) is 10.6 Å². The summed E-state index contributed by atoms with van der Waals surface area (Å²) in [7, 11) is 1.82. The topological polar surface area (TPSA) is 70.4 Å². The molecule has 1 aliphatic carbocycles. The number of carbonyl (C=O) groups excluding carboxylic acids is 1. The van der Waals surface area contributed by atoms with Crippen LogP contribution in [0.15, 0.2) is 12.3 Å². The quantitative estimate of drug-likeness (QED) is 0.747. The molecule has 2 amide bonds. The van der Waals surface area contributed by atoms with E-state index >= 15 is 0 Å². The molecule has 18 heavy (non-hydrogen) atoms. The Morgan fingerprint density at radius 1 is 1.61 bits per heavy atom. The smallest absolute Gasteiger partial charge is 0.323 e. The minimum atomic E-state index is -0.0888. The van der Waals surface area contributed by atoms with E-state index in [1.54, 1.807) is 16.9 Å². The lowest BCUT2D eigenvalue weighted by molar-refractivity contribution is 0.204. The first kappa shape index (κ1) is 12.9. The van der Waals surface area contributed by atoms with E-state index in [1.165, 1.54) is 0 Å². The predicted octanol–water partition coefficient (Wildman–Crippen LogP) is 1.19. The lowest BCUT2D eigenvalue weighted by atomic mass is 10.3. The summed E-state index contributed by atoms with van der Waals surface area (Å²) in [6.45, 7) is 0.879. The van der Waals surface area contributed by atoms with Crippen LogP contribution in [0.1, 0.15) is 25.7 Å². The molecular formula is C12H20N4O2. The van der Waals surface area contributed by atoms with Gasteiger partial charge in [0.1, 0.15) is 0 Å². The highest BCUT2D eigenvalue weighted by molar-refractivity contribution is 5.88. The van der Waals surface area contributed by atoms with Gasteiger partial charge in [-0.2, -0.15) is 5.10 Å². The standard InChI is InChI=1S/C12H20N4O2/c1-15-8-6-11(14-15)13-12(18)16(10-4-5-10)7-2-3-9-17/h6,8,10,17H,2-5,7,9H2,1H3,(H,13,14,18). The number of hydrogen-bond donors (Lipinski definition) is 2. The first-order valence-corrected chi connectivity index (χ1v) is 6.39. The molecule has 2 N–H and O–H groups in total. The average molecular weight is 252 g/mol. The van der Waals surface area contributed by atoms with Crippen molar-refractivity contribution in [1.82, 2.24) is 14.7 Å². The number of unbranched alkanes of at least 4 members (excludes halogenated alkanes) is 1. The SMILES string of the molecule is Cn1ccc(NC(=O)N(CCCCO)C2CC2)n1. The van der Waals surface area contributed by atoms with Gasteiger partial charge in [0.2, 0.25) is 0 Å². The number of aliphatic hydroxyl groups is 1. The summed E-state index contributed by atoms with van der Waals surface area (Å²) in [4.78, 5) is 14.0. The lowest BCUT2D eigenvalue weighted by Gasteiger charge is -2.22. The molecular weight excluding hydrogens is 232 g/mol. The highest BCUT2D eigenvalue weighted by Crippen LogP contribution is 2.27. The Morgan fingerprint density at radius 2 is 2.39 bits per heavy atom. The average Bonchev–Trinajstić information content (AvgIpc) is 3.09. The Balaban J connectivity index is 1.87. The molecule has 0 spiro atoms. The third-order valence-electron chi connectivity index (χ3n) is 3.00. The minimum absolute atomic E-state index is 0.0888. The van der Waals surface area contributed by atoms with Crippen LogP contribution in [0.3, 0.4) is 0 Å². The molecule has 100 valence electrons. The van der Waals surface area contributed by atoms with E-state index in [0.29, 0.717) is 18.4 Å². The van der Waals surface area contributed by atoms with E-state index in [0.717, 1.165) is 25.7 Å². The number of anilines is 1. The van der Waals surface area contributed by atoms with E-state index in [9.17, 15) is 4.79 Å². The maximum Gasteiger partial charge on any atom is 0.323 e. The van der Waals surface area contributed by atoms with E-state index in [2.05, 4.69) is 10.4 Å². The van der Waals surface area contributed by atoms with Crippen molar-refractivity contribution < 1.29 is 9.90 Å². The second kappa shape index (κ2) is 5.86. The molecule has 0 aliphatic heterocycles. The summed E-state index contributed by atoms with van der Waals surface area (Å²) in [6.07, 6.45) is 5.52. The van der Waals surface area contributed by atoms with Crippen LogP contribution >= 0.6 is 0 Å². The monoisotopic (exact) mass is 252 g/mol. The molecule has 2 rings (SSSR count). The van der Waals surface area contributed by atoms with Gasteiger partial charge in [-0.3, -0.25) is 10.00 Å². The number of aromatic nitrogens is 2. The zero-order chi connectivity index (χ0) is 13.0. The first-order valence-electron chi connectivity index (χ1n) is 6.39. The molecule has 6 heteroatoms. The Morgan fingerprint density at radius 3 is 2.94 bits per heavy atom. The summed E-state index contributed by atoms with van der Waals surface area (Å²) < 4.78 is 1.66. The Kier molecular flexibility index (Phi) is 4.19. The number of aryl methyl sites for hydroxylation is 1. The number of rotatable bonds is 6. The van der Waals surface area contributed by atoms with Crippen LogP contribution < -0.4 is 5.32 Å². The molecule has 6 nitrogen and oxygen atoms in total. The van der Waals surface area contributed by atoms with Crippen molar-refractivity contribution in [2.75, 3.05) is 18.5 Å². The van der Waals surface area contributed by atoms with Crippen LogP contribution in [0, 0.1) is 0 Å². The molecule has 0 unspecified atom stereocenters. The van der Waals surface area contributed by atoms with E-state index in [4.69, 9.17) is 5.11 Å². The zero-order valence-corrected chi connectivity index (χ0v) is 10.7. The molecule has 1 heterocycles. The molecule has 1 aromatic heterocycles. The number of nitrogens with zero attached hydrogens (tertiary/aromatic N) is 3. The number of urea groups is 1. The first-order chi connectivity index (χ1) is 8.70. The fourth-order valence-corrected chi connectivity index (χ4v) is 1.89. The third-order valence-corrected chi connectivity index (χ3v) is 3.00.